The number of phenols is 1. The van der Waals surface area contributed by atoms with Crippen molar-refractivity contribution in [2.75, 3.05) is 36.1 Å². The monoisotopic (exact) mass is 676 g/mol. The van der Waals surface area contributed by atoms with Crippen molar-refractivity contribution < 1.29 is 31.2 Å². The number of fused-ring (bicyclic) bond motifs is 1. The molecule has 0 unspecified atom stereocenters. The van der Waals surface area contributed by atoms with Crippen molar-refractivity contribution in [1.29, 1.82) is 0 Å². The second-order valence-electron chi connectivity index (χ2n) is 10.7. The largest absolute Gasteiger partial charge is 0.505 e. The molecule has 0 amide bonds. The summed E-state index contributed by atoms with van der Waals surface area (Å²) in [6, 6.07) is 25.6. The first-order valence-corrected chi connectivity index (χ1v) is 17.7. The summed E-state index contributed by atoms with van der Waals surface area (Å²) in [4.78, 5) is -0.324. The molecule has 0 radical (unpaired) electrons. The number of aromatic hydroxyl groups is 1. The fourth-order valence-corrected chi connectivity index (χ4v) is 7.39. The van der Waals surface area contributed by atoms with E-state index in [-0.39, 0.29) is 16.3 Å². The van der Waals surface area contributed by atoms with Crippen LogP contribution < -0.4 is 20.7 Å². The molecule has 5 aromatic rings. The van der Waals surface area contributed by atoms with E-state index in [1.807, 2.05) is 37.3 Å². The Morgan fingerprint density at radius 1 is 0.745 bits per heavy atom. The molecule has 0 bridgehead atoms. The van der Waals surface area contributed by atoms with Crippen LogP contribution in [0, 0.1) is 6.92 Å². The van der Waals surface area contributed by atoms with Gasteiger partial charge in [-0.3, -0.25) is 4.55 Å². The number of benzene rings is 5. The predicted molar refractivity (Wildman–Crippen MR) is 186 cm³/mol. The van der Waals surface area contributed by atoms with Gasteiger partial charge in [0.05, 0.1) is 17.7 Å². The first kappa shape index (κ1) is 33.5. The predicted octanol–water partition coefficient (Wildman–Crippen LogP) is 7.37. The summed E-state index contributed by atoms with van der Waals surface area (Å²) in [6.45, 7) is 6.13. The van der Waals surface area contributed by atoms with E-state index in [2.05, 4.69) is 16.0 Å². The van der Waals surface area contributed by atoms with Crippen molar-refractivity contribution in [2.45, 2.75) is 30.6 Å². The fourth-order valence-electron chi connectivity index (χ4n) is 5.26. The molecule has 0 spiro atoms. The molecule has 0 saturated heterocycles. The molecule has 0 aromatic heterocycles. The maximum absolute atomic E-state index is 12.9. The third-order valence-electron chi connectivity index (χ3n) is 7.70. The smallest absolute Gasteiger partial charge is 0.296 e. The van der Waals surface area contributed by atoms with Gasteiger partial charge in [-0.15, -0.1) is 0 Å². The van der Waals surface area contributed by atoms with E-state index in [4.69, 9.17) is 4.74 Å². The molecule has 0 aliphatic rings. The van der Waals surface area contributed by atoms with Gasteiger partial charge in [-0.2, -0.15) is 12.7 Å². The highest BCUT2D eigenvalue weighted by Crippen LogP contribution is 2.43. The number of anilines is 6. The highest BCUT2D eigenvalue weighted by atomic mass is 32.2. The highest BCUT2D eigenvalue weighted by Gasteiger charge is 2.24. The molecule has 0 saturated carbocycles. The van der Waals surface area contributed by atoms with Crippen molar-refractivity contribution in [3.05, 3.63) is 96.6 Å². The van der Waals surface area contributed by atoms with E-state index in [1.54, 1.807) is 68.4 Å². The van der Waals surface area contributed by atoms with Crippen molar-refractivity contribution in [1.82, 2.24) is 4.31 Å². The second-order valence-corrected chi connectivity index (χ2v) is 14.1. The number of hydrogen-bond donors (Lipinski definition) is 5. The number of hydrogen-bond acceptors (Lipinski definition) is 9. The molecular formula is C34H36N4O7S2. The summed E-state index contributed by atoms with van der Waals surface area (Å²) in [6.07, 6.45) is 0. The van der Waals surface area contributed by atoms with E-state index in [0.717, 1.165) is 11.3 Å². The molecule has 246 valence electrons. The second kappa shape index (κ2) is 13.5. The summed E-state index contributed by atoms with van der Waals surface area (Å²) in [5.74, 6) is -0.0647. The molecule has 0 aliphatic heterocycles. The van der Waals surface area contributed by atoms with Gasteiger partial charge < -0.3 is 25.8 Å². The zero-order valence-corrected chi connectivity index (χ0v) is 27.9. The number of rotatable bonds is 12. The van der Waals surface area contributed by atoms with Gasteiger partial charge in [0.1, 0.15) is 22.1 Å². The van der Waals surface area contributed by atoms with Crippen LogP contribution in [-0.4, -0.2) is 51.0 Å². The SMILES string of the molecule is CCN(CC)S(=O)(=O)c1ccc(Nc2cc(OC)c(Nc3c(S(=O)(=O)O)cc4cc(Nc5ccccc5)ccc4c3O)cc2C)cc1. The summed E-state index contributed by atoms with van der Waals surface area (Å²) < 4.78 is 68.0. The third-order valence-corrected chi connectivity index (χ3v) is 10.6. The Kier molecular flexibility index (Phi) is 9.63. The standard InChI is InChI=1S/C34H36N4O7S2/c1-5-38(6-2)46(40,41)27-15-12-25(13-16-27)36-29-21-31(45-4)30(18-22(29)3)37-33-32(47(42,43)44)20-23-19-26(14-17-28(23)34(33)39)35-24-10-8-7-9-11-24/h7-21,35-37,39H,5-6H2,1-4H3,(H,42,43,44). The van der Waals surface area contributed by atoms with Gasteiger partial charge in [-0.1, -0.05) is 32.0 Å². The van der Waals surface area contributed by atoms with Crippen LogP contribution in [0.4, 0.5) is 34.1 Å². The van der Waals surface area contributed by atoms with E-state index < -0.39 is 25.0 Å². The van der Waals surface area contributed by atoms with E-state index >= 15 is 0 Å². The lowest BCUT2D eigenvalue weighted by atomic mass is 10.1. The minimum absolute atomic E-state index is 0.189. The maximum atomic E-state index is 12.9. The van der Waals surface area contributed by atoms with Crippen molar-refractivity contribution in [2.24, 2.45) is 0 Å². The van der Waals surface area contributed by atoms with Gasteiger partial charge in [0.25, 0.3) is 10.1 Å². The van der Waals surface area contributed by atoms with Crippen LogP contribution in [0.3, 0.4) is 0 Å². The Bertz CT molecular complexity index is 2140. The number of phenolic OH excluding ortho intramolecular Hbond substituents is 1. The summed E-state index contributed by atoms with van der Waals surface area (Å²) in [5.41, 5.74) is 3.60. The Morgan fingerprint density at radius 2 is 1.38 bits per heavy atom. The average molecular weight is 677 g/mol. The van der Waals surface area contributed by atoms with Gasteiger partial charge in [-0.05, 0) is 84.6 Å². The number of methoxy groups -OCH3 is 1. The van der Waals surface area contributed by atoms with Crippen LogP contribution in [-0.2, 0) is 20.1 Å². The molecule has 11 nitrogen and oxygen atoms in total. The van der Waals surface area contributed by atoms with Gasteiger partial charge in [0, 0.05) is 47.3 Å². The Balaban J connectivity index is 1.47. The van der Waals surface area contributed by atoms with Crippen LogP contribution in [0.25, 0.3) is 10.8 Å². The molecule has 0 aliphatic carbocycles. The van der Waals surface area contributed by atoms with Crippen molar-refractivity contribution >= 4 is 65.0 Å². The lowest BCUT2D eigenvalue weighted by Gasteiger charge is -2.20. The number of ether oxygens (including phenoxy) is 1. The molecular weight excluding hydrogens is 641 g/mol. The van der Waals surface area contributed by atoms with Crippen molar-refractivity contribution in [3.8, 4) is 11.5 Å². The first-order chi connectivity index (χ1) is 22.3. The molecule has 0 fully saturated rings. The summed E-state index contributed by atoms with van der Waals surface area (Å²) in [7, 11) is -6.94. The number of para-hydroxylation sites is 1. The molecule has 0 atom stereocenters. The molecule has 5 N–H and O–H groups in total. The number of nitrogens with zero attached hydrogens (tertiary/aromatic N) is 1. The highest BCUT2D eigenvalue weighted by molar-refractivity contribution is 7.89. The van der Waals surface area contributed by atoms with E-state index in [0.29, 0.717) is 52.4 Å². The van der Waals surface area contributed by atoms with Crippen LogP contribution in [0.1, 0.15) is 19.4 Å². The van der Waals surface area contributed by atoms with Gasteiger partial charge in [-0.25, -0.2) is 8.42 Å². The Hall–Kier alpha value is -4.82. The summed E-state index contributed by atoms with van der Waals surface area (Å²) in [5, 5.41) is 21.5. The van der Waals surface area contributed by atoms with E-state index in [9.17, 15) is 26.5 Å². The molecule has 5 rings (SSSR count). The topological polar surface area (TPSA) is 157 Å². The molecule has 47 heavy (non-hydrogen) atoms. The minimum Gasteiger partial charge on any atom is -0.505 e. The first-order valence-electron chi connectivity index (χ1n) is 14.8. The zero-order chi connectivity index (χ0) is 33.9. The lowest BCUT2D eigenvalue weighted by molar-refractivity contribution is 0.417. The van der Waals surface area contributed by atoms with Gasteiger partial charge in [0.2, 0.25) is 10.0 Å². The number of aryl methyl sites for hydroxylation is 1. The van der Waals surface area contributed by atoms with Gasteiger partial charge in [0.15, 0.2) is 0 Å². The quantitative estimate of drug-likeness (QED) is 0.0668. The van der Waals surface area contributed by atoms with Gasteiger partial charge >= 0.3 is 0 Å². The summed E-state index contributed by atoms with van der Waals surface area (Å²) >= 11 is 0. The Morgan fingerprint density at radius 3 is 2.00 bits per heavy atom. The van der Waals surface area contributed by atoms with Crippen LogP contribution in [0.5, 0.6) is 11.5 Å². The normalized spacial score (nSPS) is 11.9. The average Bonchev–Trinajstić information content (AvgIpc) is 3.04. The van der Waals surface area contributed by atoms with Crippen LogP contribution in [0.2, 0.25) is 0 Å². The number of nitrogens with one attached hydrogen (secondary N) is 3. The van der Waals surface area contributed by atoms with Crippen molar-refractivity contribution in [3.63, 3.8) is 0 Å². The fraction of sp³-hybridized carbons (Fsp3) is 0.176. The minimum atomic E-state index is -4.78. The molecule has 13 heteroatoms. The third kappa shape index (κ3) is 7.13. The maximum Gasteiger partial charge on any atom is 0.296 e. The lowest BCUT2D eigenvalue weighted by Crippen LogP contribution is -2.30. The number of sulfonamides is 1. The van der Waals surface area contributed by atoms with E-state index in [1.165, 1.54) is 17.5 Å². The van der Waals surface area contributed by atoms with Crippen LogP contribution in [0.15, 0.2) is 101 Å². The zero-order valence-electron chi connectivity index (χ0n) is 26.3. The molecule has 0 heterocycles. The Labute approximate surface area is 274 Å². The molecule has 5 aromatic carbocycles. The van der Waals surface area contributed by atoms with Crippen LogP contribution >= 0.6 is 0 Å².